The van der Waals surface area contributed by atoms with Gasteiger partial charge in [0.05, 0.1) is 0 Å². The normalized spacial score (nSPS) is 14.7. The summed E-state index contributed by atoms with van der Waals surface area (Å²) in [5.41, 5.74) is 0.976. The molecule has 1 heteroatoms. The van der Waals surface area contributed by atoms with Gasteiger partial charge in [-0.15, -0.1) is 6.58 Å². The van der Waals surface area contributed by atoms with Crippen LogP contribution in [0.4, 0.5) is 0 Å². The number of hydrogen-bond donors (Lipinski definition) is 0. The average Bonchev–Trinajstić information content (AvgIpc) is 2.03. The maximum Gasteiger partial charge on any atom is 0.136 e. The van der Waals surface area contributed by atoms with E-state index in [1.165, 1.54) is 0 Å². The molecule has 0 radical (unpaired) electrons. The zero-order valence-electron chi connectivity index (χ0n) is 8.97. The topological polar surface area (TPSA) is 17.1 Å². The molecule has 0 aromatic heterocycles. The van der Waals surface area contributed by atoms with Crippen molar-refractivity contribution < 1.29 is 4.79 Å². The Hall–Kier alpha value is -0.850. The summed E-state index contributed by atoms with van der Waals surface area (Å²) in [4.78, 5) is 11.2. The first-order valence-electron chi connectivity index (χ1n) is 4.77. The molecule has 0 aromatic rings. The largest absolute Gasteiger partial charge is 0.299 e. The molecular formula is C12H20O. The number of ketones is 1. The van der Waals surface area contributed by atoms with Crippen LogP contribution in [0.1, 0.15) is 33.6 Å². The second kappa shape index (κ2) is 5.74. The molecule has 0 rings (SSSR count). The fraction of sp³-hybridized carbons (Fsp3) is 0.583. The Kier molecular flexibility index (Phi) is 5.36. The third kappa shape index (κ3) is 4.66. The predicted molar refractivity (Wildman–Crippen MR) is 57.6 cm³/mol. The Bertz CT molecular complexity index is 189. The van der Waals surface area contributed by atoms with E-state index in [-0.39, 0.29) is 11.7 Å². The van der Waals surface area contributed by atoms with Gasteiger partial charge in [0.25, 0.3) is 0 Å². The highest BCUT2D eigenvalue weighted by Crippen LogP contribution is 2.19. The molecule has 0 saturated carbocycles. The van der Waals surface area contributed by atoms with Crippen LogP contribution in [0.5, 0.6) is 0 Å². The lowest BCUT2D eigenvalue weighted by molar-refractivity contribution is -0.119. The molecule has 0 spiro atoms. The van der Waals surface area contributed by atoms with E-state index in [9.17, 15) is 4.79 Å². The summed E-state index contributed by atoms with van der Waals surface area (Å²) in [6.07, 6.45) is 3.84. The average molecular weight is 180 g/mol. The Morgan fingerprint density at radius 2 is 1.92 bits per heavy atom. The molecule has 13 heavy (non-hydrogen) atoms. The van der Waals surface area contributed by atoms with E-state index in [1.54, 1.807) is 6.92 Å². The van der Waals surface area contributed by atoms with Gasteiger partial charge in [-0.2, -0.15) is 0 Å². The number of carbonyl (C=O) groups excluding carboxylic acids is 1. The highest BCUT2D eigenvalue weighted by molar-refractivity contribution is 5.80. The van der Waals surface area contributed by atoms with E-state index in [1.807, 2.05) is 13.0 Å². The zero-order chi connectivity index (χ0) is 10.4. The summed E-state index contributed by atoms with van der Waals surface area (Å²) in [5.74, 6) is 0.757. The van der Waals surface area contributed by atoms with Crippen LogP contribution < -0.4 is 0 Å². The first kappa shape index (κ1) is 12.2. The molecule has 0 saturated heterocycles. The minimum Gasteiger partial charge on any atom is -0.299 e. The van der Waals surface area contributed by atoms with Crippen molar-refractivity contribution in [2.45, 2.75) is 33.6 Å². The molecule has 0 aliphatic carbocycles. The molecule has 2 atom stereocenters. The third-order valence-corrected chi connectivity index (χ3v) is 2.40. The summed E-state index contributed by atoms with van der Waals surface area (Å²) < 4.78 is 0. The molecular weight excluding hydrogens is 160 g/mol. The van der Waals surface area contributed by atoms with Gasteiger partial charge in [0.1, 0.15) is 5.78 Å². The summed E-state index contributed by atoms with van der Waals surface area (Å²) in [6.45, 7) is 13.2. The smallest absolute Gasteiger partial charge is 0.136 e. The van der Waals surface area contributed by atoms with Gasteiger partial charge in [0.2, 0.25) is 0 Å². The maximum absolute atomic E-state index is 11.2. The molecule has 0 aliphatic rings. The number of hydrogen-bond acceptors (Lipinski definition) is 1. The minimum absolute atomic E-state index is 0.0439. The lowest BCUT2D eigenvalue weighted by Gasteiger charge is -2.14. The molecule has 0 unspecified atom stereocenters. The molecule has 74 valence electrons. The van der Waals surface area contributed by atoms with Crippen LogP contribution in [0.3, 0.4) is 0 Å². The van der Waals surface area contributed by atoms with Gasteiger partial charge >= 0.3 is 0 Å². The van der Waals surface area contributed by atoms with E-state index >= 15 is 0 Å². The number of Topliss-reactive ketones (excluding diaryl/α,β-unsaturated/α-hetero) is 1. The fourth-order valence-corrected chi connectivity index (χ4v) is 1.34. The molecule has 0 bridgehead atoms. The van der Waals surface area contributed by atoms with Crippen LogP contribution in [-0.2, 0) is 4.79 Å². The van der Waals surface area contributed by atoms with Crippen molar-refractivity contribution in [1.29, 1.82) is 0 Å². The number of rotatable bonds is 6. The van der Waals surface area contributed by atoms with Crippen molar-refractivity contribution in [3.63, 3.8) is 0 Å². The molecule has 0 fully saturated rings. The highest BCUT2D eigenvalue weighted by atomic mass is 16.1. The van der Waals surface area contributed by atoms with Crippen LogP contribution >= 0.6 is 0 Å². The quantitative estimate of drug-likeness (QED) is 0.573. The Morgan fingerprint density at radius 1 is 1.38 bits per heavy atom. The van der Waals surface area contributed by atoms with Gasteiger partial charge in [-0.1, -0.05) is 25.2 Å². The van der Waals surface area contributed by atoms with Crippen LogP contribution in [0.15, 0.2) is 24.8 Å². The van der Waals surface area contributed by atoms with Crippen LogP contribution in [0.25, 0.3) is 0 Å². The second-order valence-electron chi connectivity index (χ2n) is 3.80. The van der Waals surface area contributed by atoms with E-state index in [4.69, 9.17) is 0 Å². The van der Waals surface area contributed by atoms with Crippen LogP contribution in [0, 0.1) is 11.8 Å². The van der Waals surface area contributed by atoms with Gasteiger partial charge in [0, 0.05) is 5.92 Å². The van der Waals surface area contributed by atoms with Gasteiger partial charge < -0.3 is 0 Å². The molecule has 0 heterocycles. The summed E-state index contributed by atoms with van der Waals surface area (Å²) in [7, 11) is 0. The van der Waals surface area contributed by atoms with Gasteiger partial charge in [-0.05, 0) is 32.6 Å². The van der Waals surface area contributed by atoms with Crippen molar-refractivity contribution in [2.75, 3.05) is 0 Å². The number of allylic oxidation sites excluding steroid dienone is 2. The SMILES string of the molecule is C=C[C@H](C)CC[C@@H](C(=C)C)C(C)=O. The zero-order valence-corrected chi connectivity index (χ0v) is 8.97. The van der Waals surface area contributed by atoms with Crippen molar-refractivity contribution in [3.8, 4) is 0 Å². The Balaban J connectivity index is 4.05. The van der Waals surface area contributed by atoms with Gasteiger partial charge in [-0.3, -0.25) is 4.79 Å². The third-order valence-electron chi connectivity index (χ3n) is 2.40. The second-order valence-corrected chi connectivity index (χ2v) is 3.80. The minimum atomic E-state index is 0.0439. The van der Waals surface area contributed by atoms with Crippen LogP contribution in [-0.4, -0.2) is 5.78 Å². The van der Waals surface area contributed by atoms with E-state index in [0.29, 0.717) is 5.92 Å². The van der Waals surface area contributed by atoms with Crippen molar-refractivity contribution >= 4 is 5.78 Å². The van der Waals surface area contributed by atoms with Gasteiger partial charge in [0.15, 0.2) is 0 Å². The Labute approximate surface area is 81.5 Å². The fourth-order valence-electron chi connectivity index (χ4n) is 1.34. The molecule has 0 aromatic carbocycles. The lowest BCUT2D eigenvalue weighted by Crippen LogP contribution is -2.12. The summed E-state index contributed by atoms with van der Waals surface area (Å²) >= 11 is 0. The van der Waals surface area contributed by atoms with Crippen LogP contribution in [0.2, 0.25) is 0 Å². The van der Waals surface area contributed by atoms with Crippen molar-refractivity contribution in [1.82, 2.24) is 0 Å². The highest BCUT2D eigenvalue weighted by Gasteiger charge is 2.14. The van der Waals surface area contributed by atoms with E-state index in [2.05, 4.69) is 20.1 Å². The van der Waals surface area contributed by atoms with Gasteiger partial charge in [-0.25, -0.2) is 0 Å². The van der Waals surface area contributed by atoms with E-state index in [0.717, 1.165) is 18.4 Å². The standard InChI is InChI=1S/C12H20O/c1-6-10(4)7-8-12(9(2)3)11(5)13/h6,10,12H,1-2,7-8H2,3-5H3/t10-,12-/m0/s1. The molecule has 0 aliphatic heterocycles. The first-order valence-corrected chi connectivity index (χ1v) is 4.77. The van der Waals surface area contributed by atoms with Crippen molar-refractivity contribution in [2.24, 2.45) is 11.8 Å². The maximum atomic E-state index is 11.2. The number of carbonyl (C=O) groups is 1. The monoisotopic (exact) mass is 180 g/mol. The summed E-state index contributed by atoms with van der Waals surface area (Å²) in [6, 6.07) is 0. The molecule has 1 nitrogen and oxygen atoms in total. The first-order chi connectivity index (χ1) is 5.99. The Morgan fingerprint density at radius 3 is 2.23 bits per heavy atom. The van der Waals surface area contributed by atoms with E-state index < -0.39 is 0 Å². The predicted octanol–water partition coefficient (Wildman–Crippen LogP) is 3.37. The molecule has 0 amide bonds. The summed E-state index contributed by atoms with van der Waals surface area (Å²) in [5, 5.41) is 0. The lowest BCUT2D eigenvalue weighted by atomic mass is 9.89. The molecule has 0 N–H and O–H groups in total. The van der Waals surface area contributed by atoms with Crippen molar-refractivity contribution in [3.05, 3.63) is 24.8 Å².